The van der Waals surface area contributed by atoms with Crippen LogP contribution in [0, 0.1) is 0 Å². The number of ether oxygens (including phenoxy) is 1. The van der Waals surface area contributed by atoms with E-state index in [1.54, 1.807) is 11.9 Å². The Labute approximate surface area is 75.1 Å². The van der Waals surface area contributed by atoms with Gasteiger partial charge in [0.25, 0.3) is 0 Å². The molecule has 0 saturated carbocycles. The second-order valence-electron chi connectivity index (χ2n) is 2.31. The van der Waals surface area contributed by atoms with E-state index in [2.05, 4.69) is 22.5 Å². The highest BCUT2D eigenvalue weighted by molar-refractivity contribution is 9.11. The van der Waals surface area contributed by atoms with E-state index in [-0.39, 0.29) is 5.97 Å². The minimum atomic E-state index is -0.348. The van der Waals surface area contributed by atoms with Gasteiger partial charge >= 0.3 is 5.97 Å². The van der Waals surface area contributed by atoms with Crippen molar-refractivity contribution < 1.29 is 9.53 Å². The molecule has 0 fully saturated rings. The molecule has 11 heavy (non-hydrogen) atoms. The SMILES string of the molecule is C=C(C)C(=O)OC/C(C)=C/Br. The van der Waals surface area contributed by atoms with E-state index in [1.807, 2.05) is 6.92 Å². The van der Waals surface area contributed by atoms with Gasteiger partial charge in [-0.25, -0.2) is 4.79 Å². The van der Waals surface area contributed by atoms with Gasteiger partial charge in [-0.2, -0.15) is 0 Å². The summed E-state index contributed by atoms with van der Waals surface area (Å²) in [6, 6.07) is 0. The first kappa shape index (κ1) is 10.4. The highest BCUT2D eigenvalue weighted by Gasteiger charge is 2.01. The van der Waals surface area contributed by atoms with Crippen molar-refractivity contribution in [3.05, 3.63) is 22.7 Å². The fourth-order valence-electron chi connectivity index (χ4n) is 0.334. The van der Waals surface area contributed by atoms with Crippen LogP contribution in [0.3, 0.4) is 0 Å². The molecule has 0 heterocycles. The minimum Gasteiger partial charge on any atom is -0.458 e. The molecule has 0 aromatic carbocycles. The van der Waals surface area contributed by atoms with E-state index in [1.165, 1.54) is 0 Å². The average molecular weight is 219 g/mol. The lowest BCUT2D eigenvalue weighted by molar-refractivity contribution is -0.137. The number of carbonyl (C=O) groups is 1. The minimum absolute atomic E-state index is 0.316. The molecule has 0 aliphatic carbocycles. The van der Waals surface area contributed by atoms with Crippen LogP contribution < -0.4 is 0 Å². The first-order chi connectivity index (χ1) is 5.07. The van der Waals surface area contributed by atoms with Crippen LogP contribution in [0.2, 0.25) is 0 Å². The second kappa shape index (κ2) is 5.13. The molecule has 0 aromatic heterocycles. The van der Waals surface area contributed by atoms with Gasteiger partial charge in [0.15, 0.2) is 0 Å². The highest BCUT2D eigenvalue weighted by atomic mass is 79.9. The maximum Gasteiger partial charge on any atom is 0.333 e. The quantitative estimate of drug-likeness (QED) is 0.538. The maximum atomic E-state index is 10.8. The Kier molecular flexibility index (Phi) is 4.86. The molecule has 0 rings (SSSR count). The van der Waals surface area contributed by atoms with Crippen molar-refractivity contribution in [2.24, 2.45) is 0 Å². The second-order valence-corrected chi connectivity index (χ2v) is 2.77. The number of hydrogen-bond acceptors (Lipinski definition) is 2. The van der Waals surface area contributed by atoms with Crippen LogP contribution >= 0.6 is 15.9 Å². The summed E-state index contributed by atoms with van der Waals surface area (Å²) in [5.41, 5.74) is 1.38. The molecule has 3 heteroatoms. The predicted octanol–water partition coefficient (Wildman–Crippen LogP) is 2.40. The molecular weight excluding hydrogens is 208 g/mol. The zero-order valence-corrected chi connectivity index (χ0v) is 8.27. The molecule has 0 unspecified atom stereocenters. The molecule has 0 spiro atoms. The number of rotatable bonds is 3. The summed E-state index contributed by atoms with van der Waals surface area (Å²) >= 11 is 3.13. The van der Waals surface area contributed by atoms with Crippen molar-refractivity contribution >= 4 is 21.9 Å². The first-order valence-corrected chi connectivity index (χ1v) is 4.08. The fourth-order valence-corrected chi connectivity index (χ4v) is 0.466. The van der Waals surface area contributed by atoms with Gasteiger partial charge in [0.05, 0.1) is 0 Å². The normalized spacial score (nSPS) is 11.0. The molecule has 0 saturated heterocycles. The van der Waals surface area contributed by atoms with Crippen molar-refractivity contribution in [3.8, 4) is 0 Å². The Morgan fingerprint density at radius 1 is 1.64 bits per heavy atom. The summed E-state index contributed by atoms with van der Waals surface area (Å²) in [6.45, 7) is 7.25. The molecule has 2 nitrogen and oxygen atoms in total. The summed E-state index contributed by atoms with van der Waals surface area (Å²) in [4.78, 5) is 12.5. The maximum absolute atomic E-state index is 10.8. The van der Waals surface area contributed by atoms with Crippen LogP contribution in [-0.4, -0.2) is 12.6 Å². The van der Waals surface area contributed by atoms with Gasteiger partial charge < -0.3 is 4.74 Å². The summed E-state index contributed by atoms with van der Waals surface area (Å²) < 4.78 is 4.82. The third-order valence-electron chi connectivity index (χ3n) is 0.966. The monoisotopic (exact) mass is 218 g/mol. The molecule has 0 aromatic rings. The molecular formula is C8H11BrO2. The van der Waals surface area contributed by atoms with E-state index in [0.717, 1.165) is 5.57 Å². The van der Waals surface area contributed by atoms with Crippen LogP contribution in [0.15, 0.2) is 22.7 Å². The Bertz CT molecular complexity index is 194. The molecule has 0 radical (unpaired) electrons. The number of hydrogen-bond donors (Lipinski definition) is 0. The molecule has 0 atom stereocenters. The number of carbonyl (C=O) groups excluding carboxylic acids is 1. The summed E-state index contributed by atoms with van der Waals surface area (Å²) in [5.74, 6) is -0.348. The summed E-state index contributed by atoms with van der Waals surface area (Å²) in [6.07, 6.45) is 0. The predicted molar refractivity (Wildman–Crippen MR) is 48.5 cm³/mol. The molecule has 0 aliphatic rings. The molecule has 62 valence electrons. The summed E-state index contributed by atoms with van der Waals surface area (Å²) in [7, 11) is 0. The average Bonchev–Trinajstić information content (AvgIpc) is 1.99. The van der Waals surface area contributed by atoms with E-state index in [4.69, 9.17) is 4.74 Å². The van der Waals surface area contributed by atoms with Crippen LogP contribution in [0.25, 0.3) is 0 Å². The fraction of sp³-hybridized carbons (Fsp3) is 0.375. The zero-order chi connectivity index (χ0) is 8.85. The molecule has 0 bridgehead atoms. The Morgan fingerprint density at radius 3 is 2.55 bits per heavy atom. The van der Waals surface area contributed by atoms with E-state index >= 15 is 0 Å². The van der Waals surface area contributed by atoms with Gasteiger partial charge in [-0.15, -0.1) is 0 Å². The van der Waals surface area contributed by atoms with Crippen LogP contribution in [-0.2, 0) is 9.53 Å². The van der Waals surface area contributed by atoms with Gasteiger partial charge in [0.2, 0.25) is 0 Å². The van der Waals surface area contributed by atoms with Gasteiger partial charge in [0.1, 0.15) is 6.61 Å². The third-order valence-corrected chi connectivity index (χ3v) is 1.75. The van der Waals surface area contributed by atoms with Gasteiger partial charge in [-0.1, -0.05) is 22.5 Å². The standard InChI is InChI=1S/C8H11BrO2/c1-6(2)8(10)11-5-7(3)4-9/h4H,1,5H2,2-3H3/b7-4+. The van der Waals surface area contributed by atoms with Crippen LogP contribution in [0.4, 0.5) is 0 Å². The lowest BCUT2D eigenvalue weighted by Crippen LogP contribution is -2.06. The van der Waals surface area contributed by atoms with Crippen molar-refractivity contribution in [1.29, 1.82) is 0 Å². The Morgan fingerprint density at radius 2 is 2.18 bits per heavy atom. The van der Waals surface area contributed by atoms with Crippen molar-refractivity contribution in [1.82, 2.24) is 0 Å². The number of esters is 1. The van der Waals surface area contributed by atoms with Crippen molar-refractivity contribution in [3.63, 3.8) is 0 Å². The summed E-state index contributed by atoms with van der Waals surface area (Å²) in [5, 5.41) is 0. The van der Waals surface area contributed by atoms with E-state index < -0.39 is 0 Å². The largest absolute Gasteiger partial charge is 0.458 e. The zero-order valence-electron chi connectivity index (χ0n) is 6.69. The molecule has 0 amide bonds. The Balaban J connectivity index is 3.72. The highest BCUT2D eigenvalue weighted by Crippen LogP contribution is 2.00. The van der Waals surface area contributed by atoms with Gasteiger partial charge in [-0.05, 0) is 24.4 Å². The van der Waals surface area contributed by atoms with Crippen LogP contribution in [0.5, 0.6) is 0 Å². The van der Waals surface area contributed by atoms with Crippen molar-refractivity contribution in [2.45, 2.75) is 13.8 Å². The Hall–Kier alpha value is -0.570. The number of halogens is 1. The molecule has 0 N–H and O–H groups in total. The smallest absolute Gasteiger partial charge is 0.333 e. The third kappa shape index (κ3) is 4.79. The van der Waals surface area contributed by atoms with Crippen molar-refractivity contribution in [2.75, 3.05) is 6.61 Å². The van der Waals surface area contributed by atoms with Gasteiger partial charge in [0, 0.05) is 5.57 Å². The lowest BCUT2D eigenvalue weighted by atomic mass is 10.3. The first-order valence-electron chi connectivity index (χ1n) is 3.16. The van der Waals surface area contributed by atoms with Gasteiger partial charge in [-0.3, -0.25) is 0 Å². The molecule has 0 aliphatic heterocycles. The van der Waals surface area contributed by atoms with E-state index in [9.17, 15) is 4.79 Å². The lowest BCUT2D eigenvalue weighted by Gasteiger charge is -2.02. The van der Waals surface area contributed by atoms with E-state index in [0.29, 0.717) is 12.2 Å². The topological polar surface area (TPSA) is 26.3 Å². The van der Waals surface area contributed by atoms with Crippen LogP contribution in [0.1, 0.15) is 13.8 Å².